The van der Waals surface area contributed by atoms with Gasteiger partial charge in [-0.15, -0.1) is 0 Å². The first kappa shape index (κ1) is 7.91. The molecule has 0 atom stereocenters. The van der Waals surface area contributed by atoms with Crippen LogP contribution in [-0.4, -0.2) is 19.1 Å². The molecule has 68 valence electrons. The third-order valence-electron chi connectivity index (χ3n) is 1.92. The smallest absolute Gasteiger partial charge is 0.255 e. The Hall–Kier alpha value is -1.71. The summed E-state index contributed by atoms with van der Waals surface area (Å²) in [6.45, 7) is 0.986. The summed E-state index contributed by atoms with van der Waals surface area (Å²) in [5.41, 5.74) is 6.69. The van der Waals surface area contributed by atoms with Gasteiger partial charge in [0.25, 0.3) is 5.91 Å². The number of fused-ring (bicyclic) bond motifs is 1. The first-order chi connectivity index (χ1) is 6.29. The van der Waals surface area contributed by atoms with E-state index in [-0.39, 0.29) is 5.91 Å². The number of carbonyl (C=O) groups is 1. The zero-order chi connectivity index (χ0) is 9.26. The molecule has 0 spiro atoms. The second-order valence-electron chi connectivity index (χ2n) is 2.83. The molecule has 4 nitrogen and oxygen atoms in total. The molecule has 0 aromatic heterocycles. The van der Waals surface area contributed by atoms with Crippen molar-refractivity contribution in [1.29, 1.82) is 0 Å². The van der Waals surface area contributed by atoms with Gasteiger partial charge in [0.1, 0.15) is 6.61 Å². The second kappa shape index (κ2) is 2.97. The number of para-hydroxylation sites is 1. The van der Waals surface area contributed by atoms with Crippen molar-refractivity contribution >= 4 is 11.6 Å². The highest BCUT2D eigenvalue weighted by Gasteiger charge is 2.17. The van der Waals surface area contributed by atoms with E-state index in [4.69, 9.17) is 10.5 Å². The maximum Gasteiger partial charge on any atom is 0.255 e. The molecule has 0 saturated carbocycles. The van der Waals surface area contributed by atoms with Gasteiger partial charge in [0.15, 0.2) is 5.75 Å². The van der Waals surface area contributed by atoms with Gasteiger partial charge in [-0.05, 0) is 12.1 Å². The van der Waals surface area contributed by atoms with Crippen molar-refractivity contribution in [2.75, 3.05) is 18.9 Å². The number of nitrogens with two attached hydrogens (primary N) is 1. The molecule has 2 rings (SSSR count). The molecule has 0 aliphatic carbocycles. The highest BCUT2D eigenvalue weighted by molar-refractivity contribution is 5.98. The Morgan fingerprint density at radius 3 is 3.15 bits per heavy atom. The van der Waals surface area contributed by atoms with Gasteiger partial charge < -0.3 is 15.8 Å². The van der Waals surface area contributed by atoms with Crippen molar-refractivity contribution in [3.05, 3.63) is 23.8 Å². The van der Waals surface area contributed by atoms with Crippen LogP contribution in [0.1, 0.15) is 10.4 Å². The Bertz CT molecular complexity index is 349. The summed E-state index contributed by atoms with van der Waals surface area (Å²) >= 11 is 0. The number of ether oxygens (including phenoxy) is 1. The van der Waals surface area contributed by atoms with Crippen LogP contribution < -0.4 is 15.8 Å². The number of nitrogens with one attached hydrogen (secondary N) is 1. The van der Waals surface area contributed by atoms with Crippen LogP contribution in [0.25, 0.3) is 0 Å². The highest BCUT2D eigenvalue weighted by atomic mass is 16.5. The number of hydrogen-bond acceptors (Lipinski definition) is 3. The molecule has 1 aliphatic heterocycles. The number of hydrogen-bond donors (Lipinski definition) is 2. The molecule has 4 heteroatoms. The van der Waals surface area contributed by atoms with E-state index < -0.39 is 0 Å². The normalized spacial score (nSPS) is 15.2. The van der Waals surface area contributed by atoms with E-state index in [1.165, 1.54) is 0 Å². The van der Waals surface area contributed by atoms with Crippen LogP contribution in [0.5, 0.6) is 5.75 Å². The van der Waals surface area contributed by atoms with Crippen LogP contribution in [0.4, 0.5) is 5.69 Å². The fourth-order valence-electron chi connectivity index (χ4n) is 1.31. The molecule has 0 fully saturated rings. The topological polar surface area (TPSA) is 64.3 Å². The molecule has 0 saturated heterocycles. The molecule has 0 unspecified atom stereocenters. The molecular weight excluding hydrogens is 168 g/mol. The fraction of sp³-hybridized carbons (Fsp3) is 0.222. The van der Waals surface area contributed by atoms with Gasteiger partial charge in [-0.25, -0.2) is 0 Å². The molecule has 3 N–H and O–H groups in total. The lowest BCUT2D eigenvalue weighted by atomic mass is 10.1. The van der Waals surface area contributed by atoms with E-state index in [2.05, 4.69) is 5.32 Å². The average Bonchev–Trinajstić information content (AvgIpc) is 2.30. The first-order valence-corrected chi connectivity index (χ1v) is 4.08. The molecule has 13 heavy (non-hydrogen) atoms. The van der Waals surface area contributed by atoms with Crippen LogP contribution in [0.2, 0.25) is 0 Å². The van der Waals surface area contributed by atoms with Gasteiger partial charge >= 0.3 is 0 Å². The van der Waals surface area contributed by atoms with Crippen molar-refractivity contribution in [3.63, 3.8) is 0 Å². The van der Waals surface area contributed by atoms with E-state index in [0.717, 1.165) is 0 Å². The van der Waals surface area contributed by atoms with Gasteiger partial charge in [-0.3, -0.25) is 4.79 Å². The highest BCUT2D eigenvalue weighted by Crippen LogP contribution is 2.27. The summed E-state index contributed by atoms with van der Waals surface area (Å²) in [6.07, 6.45) is 0. The van der Waals surface area contributed by atoms with E-state index in [9.17, 15) is 4.79 Å². The molecule has 1 amide bonds. The fourth-order valence-corrected chi connectivity index (χ4v) is 1.31. The number of carbonyl (C=O) groups excluding carboxylic acids is 1. The predicted octanol–water partition coefficient (Wildman–Crippen LogP) is 0.391. The zero-order valence-corrected chi connectivity index (χ0v) is 7.04. The molecule has 0 bridgehead atoms. The van der Waals surface area contributed by atoms with Gasteiger partial charge in [-0.2, -0.15) is 0 Å². The van der Waals surface area contributed by atoms with Crippen molar-refractivity contribution in [2.45, 2.75) is 0 Å². The number of rotatable bonds is 0. The SMILES string of the molecule is Nc1cccc2c1OCCNC2=O. The van der Waals surface area contributed by atoms with Crippen molar-refractivity contribution in [1.82, 2.24) is 5.32 Å². The lowest BCUT2D eigenvalue weighted by molar-refractivity contribution is 0.0957. The quantitative estimate of drug-likeness (QED) is 0.565. The van der Waals surface area contributed by atoms with E-state index >= 15 is 0 Å². The molecule has 1 aromatic rings. The Morgan fingerprint density at radius 1 is 1.46 bits per heavy atom. The Morgan fingerprint density at radius 2 is 2.31 bits per heavy atom. The van der Waals surface area contributed by atoms with Crippen LogP contribution in [-0.2, 0) is 0 Å². The van der Waals surface area contributed by atoms with Crippen LogP contribution in [0.3, 0.4) is 0 Å². The van der Waals surface area contributed by atoms with Gasteiger partial charge in [0.2, 0.25) is 0 Å². The zero-order valence-electron chi connectivity index (χ0n) is 7.04. The monoisotopic (exact) mass is 178 g/mol. The number of benzene rings is 1. The molecule has 1 aromatic carbocycles. The minimum atomic E-state index is -0.125. The van der Waals surface area contributed by atoms with Crippen molar-refractivity contribution in [3.8, 4) is 5.75 Å². The van der Waals surface area contributed by atoms with E-state index in [1.807, 2.05) is 0 Å². The standard InChI is InChI=1S/C9H10N2O2/c10-7-3-1-2-6-8(7)13-5-4-11-9(6)12/h1-3H,4-5,10H2,(H,11,12). The Labute approximate surface area is 75.7 Å². The molecule has 1 heterocycles. The summed E-state index contributed by atoms with van der Waals surface area (Å²) in [5, 5.41) is 2.71. The molecular formula is C9H10N2O2. The minimum Gasteiger partial charge on any atom is -0.489 e. The maximum absolute atomic E-state index is 11.4. The van der Waals surface area contributed by atoms with Gasteiger partial charge in [0.05, 0.1) is 17.8 Å². The summed E-state index contributed by atoms with van der Waals surface area (Å²) in [6, 6.07) is 5.16. The summed E-state index contributed by atoms with van der Waals surface area (Å²) in [4.78, 5) is 11.4. The number of nitrogen functional groups attached to an aromatic ring is 1. The lowest BCUT2D eigenvalue weighted by Gasteiger charge is -2.07. The second-order valence-corrected chi connectivity index (χ2v) is 2.83. The molecule has 1 aliphatic rings. The first-order valence-electron chi connectivity index (χ1n) is 4.08. The summed E-state index contributed by atoms with van der Waals surface area (Å²) < 4.78 is 5.34. The van der Waals surface area contributed by atoms with Crippen LogP contribution in [0.15, 0.2) is 18.2 Å². The van der Waals surface area contributed by atoms with Crippen LogP contribution >= 0.6 is 0 Å². The Kier molecular flexibility index (Phi) is 1.81. The predicted molar refractivity (Wildman–Crippen MR) is 48.7 cm³/mol. The maximum atomic E-state index is 11.4. The summed E-state index contributed by atoms with van der Waals surface area (Å²) in [7, 11) is 0. The van der Waals surface area contributed by atoms with Gasteiger partial charge in [-0.1, -0.05) is 6.07 Å². The molecule has 0 radical (unpaired) electrons. The average molecular weight is 178 g/mol. The summed E-state index contributed by atoms with van der Waals surface area (Å²) in [5.74, 6) is 0.373. The Balaban J connectivity index is 2.54. The lowest BCUT2D eigenvalue weighted by Crippen LogP contribution is -2.24. The largest absolute Gasteiger partial charge is 0.489 e. The minimum absolute atomic E-state index is 0.125. The van der Waals surface area contributed by atoms with E-state index in [1.54, 1.807) is 18.2 Å². The number of amides is 1. The van der Waals surface area contributed by atoms with Gasteiger partial charge in [0, 0.05) is 0 Å². The van der Waals surface area contributed by atoms with Crippen molar-refractivity contribution in [2.24, 2.45) is 0 Å². The number of anilines is 1. The van der Waals surface area contributed by atoms with E-state index in [0.29, 0.717) is 30.2 Å². The van der Waals surface area contributed by atoms with Crippen LogP contribution in [0, 0.1) is 0 Å². The third-order valence-corrected chi connectivity index (χ3v) is 1.92. The van der Waals surface area contributed by atoms with Crippen molar-refractivity contribution < 1.29 is 9.53 Å². The third kappa shape index (κ3) is 1.30.